The molecule has 0 aromatic carbocycles. The van der Waals surface area contributed by atoms with Crippen molar-refractivity contribution in [2.45, 2.75) is 45.6 Å². The zero-order valence-corrected chi connectivity index (χ0v) is 9.99. The molecule has 0 radical (unpaired) electrons. The van der Waals surface area contributed by atoms with Crippen molar-refractivity contribution in [3.05, 3.63) is 0 Å². The topological polar surface area (TPSA) is 29.1 Å². The van der Waals surface area contributed by atoms with Gasteiger partial charge >= 0.3 is 0 Å². The molecule has 1 atom stereocenters. The highest BCUT2D eigenvalue weighted by atomic mass is 79.9. The van der Waals surface area contributed by atoms with Gasteiger partial charge < -0.3 is 5.32 Å². The van der Waals surface area contributed by atoms with Crippen LogP contribution in [0.3, 0.4) is 0 Å². The molecule has 1 N–H and O–H groups in total. The van der Waals surface area contributed by atoms with E-state index in [1.54, 1.807) is 0 Å². The SMILES string of the molecule is CCC1(CC)CC(CCBr)NC1=O. The standard InChI is InChI=1S/C10H18BrNO/c1-3-10(4-2)7-8(5-6-11)12-9(10)13/h8H,3-7H2,1-2H3,(H,12,13). The van der Waals surface area contributed by atoms with Gasteiger partial charge in [0.25, 0.3) is 0 Å². The molecular formula is C10H18BrNO. The molecule has 1 amide bonds. The van der Waals surface area contributed by atoms with Crippen LogP contribution < -0.4 is 5.32 Å². The van der Waals surface area contributed by atoms with E-state index in [1.807, 2.05) is 0 Å². The number of amides is 1. The maximum atomic E-state index is 11.7. The number of carbonyl (C=O) groups excluding carboxylic acids is 1. The number of nitrogens with one attached hydrogen (secondary N) is 1. The summed E-state index contributed by atoms with van der Waals surface area (Å²) in [5.74, 6) is 0.267. The number of hydrogen-bond donors (Lipinski definition) is 1. The van der Waals surface area contributed by atoms with E-state index in [-0.39, 0.29) is 11.3 Å². The van der Waals surface area contributed by atoms with Crippen molar-refractivity contribution in [1.82, 2.24) is 5.32 Å². The van der Waals surface area contributed by atoms with Crippen molar-refractivity contribution in [1.29, 1.82) is 0 Å². The van der Waals surface area contributed by atoms with Gasteiger partial charge in [-0.15, -0.1) is 0 Å². The lowest BCUT2D eigenvalue weighted by molar-refractivity contribution is -0.128. The normalized spacial score (nSPS) is 26.1. The molecule has 0 aromatic heterocycles. The predicted molar refractivity (Wildman–Crippen MR) is 58.0 cm³/mol. The highest BCUT2D eigenvalue weighted by Gasteiger charge is 2.43. The highest BCUT2D eigenvalue weighted by molar-refractivity contribution is 9.09. The minimum atomic E-state index is -0.0627. The summed E-state index contributed by atoms with van der Waals surface area (Å²) < 4.78 is 0. The molecule has 0 aliphatic carbocycles. The van der Waals surface area contributed by atoms with Crippen LogP contribution in [0, 0.1) is 5.41 Å². The highest BCUT2D eigenvalue weighted by Crippen LogP contribution is 2.37. The smallest absolute Gasteiger partial charge is 0.226 e. The van der Waals surface area contributed by atoms with Crippen LogP contribution in [0.5, 0.6) is 0 Å². The average molecular weight is 248 g/mol. The Morgan fingerprint density at radius 1 is 1.54 bits per heavy atom. The second kappa shape index (κ2) is 4.45. The summed E-state index contributed by atoms with van der Waals surface area (Å²) in [6, 6.07) is 0.395. The van der Waals surface area contributed by atoms with Gasteiger partial charge in [-0.3, -0.25) is 4.79 Å². The summed E-state index contributed by atoms with van der Waals surface area (Å²) in [7, 11) is 0. The second-order valence-electron chi connectivity index (χ2n) is 3.84. The van der Waals surface area contributed by atoms with Crippen LogP contribution in [0.1, 0.15) is 39.5 Å². The summed E-state index contributed by atoms with van der Waals surface area (Å²) in [6.07, 6.45) is 4.00. The Morgan fingerprint density at radius 2 is 2.15 bits per heavy atom. The molecule has 0 aromatic rings. The number of carbonyl (C=O) groups is 1. The van der Waals surface area contributed by atoms with Gasteiger partial charge in [-0.25, -0.2) is 0 Å². The zero-order chi connectivity index (χ0) is 9.90. The average Bonchev–Trinajstić information content (AvgIpc) is 2.44. The molecule has 0 spiro atoms. The Hall–Kier alpha value is -0.0500. The summed E-state index contributed by atoms with van der Waals surface area (Å²) in [5, 5.41) is 4.05. The monoisotopic (exact) mass is 247 g/mol. The van der Waals surface area contributed by atoms with Gasteiger partial charge in [0, 0.05) is 11.4 Å². The van der Waals surface area contributed by atoms with Crippen LogP contribution in [-0.4, -0.2) is 17.3 Å². The summed E-state index contributed by atoms with van der Waals surface area (Å²) in [6.45, 7) is 4.22. The Bertz CT molecular complexity index is 189. The molecule has 2 nitrogen and oxygen atoms in total. The van der Waals surface area contributed by atoms with E-state index in [0.717, 1.165) is 31.0 Å². The Kier molecular flexibility index (Phi) is 3.77. The van der Waals surface area contributed by atoms with E-state index < -0.39 is 0 Å². The fourth-order valence-corrected chi connectivity index (χ4v) is 2.67. The third-order valence-electron chi connectivity index (χ3n) is 3.27. The van der Waals surface area contributed by atoms with Crippen LogP contribution in [-0.2, 0) is 4.79 Å². The van der Waals surface area contributed by atoms with Crippen molar-refractivity contribution in [3.8, 4) is 0 Å². The Labute approximate surface area is 88.6 Å². The fraction of sp³-hybridized carbons (Fsp3) is 0.900. The van der Waals surface area contributed by atoms with Gasteiger partial charge in [-0.2, -0.15) is 0 Å². The summed E-state index contributed by atoms with van der Waals surface area (Å²) >= 11 is 3.41. The second-order valence-corrected chi connectivity index (χ2v) is 4.63. The third-order valence-corrected chi connectivity index (χ3v) is 3.72. The molecule has 1 fully saturated rings. The predicted octanol–water partition coefficient (Wildman–Crippen LogP) is 2.47. The van der Waals surface area contributed by atoms with E-state index in [2.05, 4.69) is 35.1 Å². The van der Waals surface area contributed by atoms with Crippen molar-refractivity contribution >= 4 is 21.8 Å². The molecule has 0 saturated carbocycles. The first-order chi connectivity index (χ1) is 6.18. The first kappa shape index (κ1) is 11.0. The van der Waals surface area contributed by atoms with E-state index in [1.165, 1.54) is 0 Å². The number of halogens is 1. The molecule has 76 valence electrons. The molecule has 13 heavy (non-hydrogen) atoms. The molecule has 1 unspecified atom stereocenters. The van der Waals surface area contributed by atoms with Crippen molar-refractivity contribution in [2.75, 3.05) is 5.33 Å². The fourth-order valence-electron chi connectivity index (χ4n) is 2.12. The van der Waals surface area contributed by atoms with Crippen LogP contribution in [0.15, 0.2) is 0 Å². The summed E-state index contributed by atoms with van der Waals surface area (Å²) in [5.41, 5.74) is -0.0627. The van der Waals surface area contributed by atoms with Crippen molar-refractivity contribution in [3.63, 3.8) is 0 Å². The lowest BCUT2D eigenvalue weighted by Crippen LogP contribution is -2.31. The minimum Gasteiger partial charge on any atom is -0.353 e. The van der Waals surface area contributed by atoms with Crippen LogP contribution in [0.4, 0.5) is 0 Å². The van der Waals surface area contributed by atoms with Crippen molar-refractivity contribution in [2.24, 2.45) is 5.41 Å². The van der Waals surface area contributed by atoms with Gasteiger partial charge in [0.2, 0.25) is 5.91 Å². The number of rotatable bonds is 4. The van der Waals surface area contributed by atoms with Gasteiger partial charge in [0.15, 0.2) is 0 Å². The first-order valence-corrected chi connectivity index (χ1v) is 6.17. The van der Waals surface area contributed by atoms with Crippen LogP contribution >= 0.6 is 15.9 Å². The van der Waals surface area contributed by atoms with Gasteiger partial charge in [-0.05, 0) is 25.7 Å². The molecule has 3 heteroatoms. The van der Waals surface area contributed by atoms with Gasteiger partial charge in [0.05, 0.1) is 5.41 Å². The molecule has 1 aliphatic heterocycles. The van der Waals surface area contributed by atoms with Gasteiger partial charge in [0.1, 0.15) is 0 Å². The molecule has 0 bridgehead atoms. The molecule has 1 saturated heterocycles. The molecular weight excluding hydrogens is 230 g/mol. The summed E-state index contributed by atoms with van der Waals surface area (Å²) in [4.78, 5) is 11.7. The largest absolute Gasteiger partial charge is 0.353 e. The maximum Gasteiger partial charge on any atom is 0.226 e. The third kappa shape index (κ3) is 2.06. The minimum absolute atomic E-state index is 0.0627. The van der Waals surface area contributed by atoms with E-state index in [4.69, 9.17) is 0 Å². The van der Waals surface area contributed by atoms with Crippen molar-refractivity contribution < 1.29 is 4.79 Å². The zero-order valence-electron chi connectivity index (χ0n) is 8.40. The van der Waals surface area contributed by atoms with Crippen LogP contribution in [0.2, 0.25) is 0 Å². The van der Waals surface area contributed by atoms with Gasteiger partial charge in [-0.1, -0.05) is 29.8 Å². The number of hydrogen-bond acceptors (Lipinski definition) is 1. The molecule has 1 rings (SSSR count). The van der Waals surface area contributed by atoms with Crippen LogP contribution in [0.25, 0.3) is 0 Å². The lowest BCUT2D eigenvalue weighted by Gasteiger charge is -2.22. The maximum absolute atomic E-state index is 11.7. The van der Waals surface area contributed by atoms with E-state index in [0.29, 0.717) is 6.04 Å². The quantitative estimate of drug-likeness (QED) is 0.761. The lowest BCUT2D eigenvalue weighted by atomic mass is 9.79. The Morgan fingerprint density at radius 3 is 2.54 bits per heavy atom. The molecule has 1 aliphatic rings. The van der Waals surface area contributed by atoms with E-state index >= 15 is 0 Å². The van der Waals surface area contributed by atoms with E-state index in [9.17, 15) is 4.79 Å². The molecule has 1 heterocycles. The Balaban J connectivity index is 2.63. The first-order valence-electron chi connectivity index (χ1n) is 5.05. The number of alkyl halides is 1.